The maximum Gasteiger partial charge on any atom is 0.149 e. The average Bonchev–Trinajstić information content (AvgIpc) is 2.96. The van der Waals surface area contributed by atoms with Crippen LogP contribution in [-0.2, 0) is 4.79 Å². The van der Waals surface area contributed by atoms with Crippen molar-refractivity contribution in [3.8, 4) is 0 Å². The number of ketones is 1. The summed E-state index contributed by atoms with van der Waals surface area (Å²) in [6.45, 7) is 8.79. The van der Waals surface area contributed by atoms with Crippen LogP contribution >= 0.6 is 0 Å². The van der Waals surface area contributed by atoms with Crippen molar-refractivity contribution >= 4 is 5.78 Å². The lowest BCUT2D eigenvalue weighted by Crippen LogP contribution is -2.40. The maximum atomic E-state index is 11.7. The molecule has 2 rings (SSSR count). The van der Waals surface area contributed by atoms with E-state index in [1.54, 1.807) is 0 Å². The lowest BCUT2D eigenvalue weighted by molar-refractivity contribution is -0.123. The molecule has 2 fully saturated rings. The van der Waals surface area contributed by atoms with Gasteiger partial charge in [0.15, 0.2) is 0 Å². The van der Waals surface area contributed by atoms with Crippen LogP contribution in [0.5, 0.6) is 0 Å². The predicted molar refractivity (Wildman–Crippen MR) is 65.5 cm³/mol. The Kier molecular flexibility index (Phi) is 3.98. The van der Waals surface area contributed by atoms with Gasteiger partial charge in [-0.25, -0.2) is 0 Å². The monoisotopic (exact) mass is 224 g/mol. The second-order valence-electron chi connectivity index (χ2n) is 5.18. The van der Waals surface area contributed by atoms with E-state index in [9.17, 15) is 4.79 Å². The lowest BCUT2D eigenvalue weighted by Gasteiger charge is -2.26. The van der Waals surface area contributed by atoms with E-state index in [2.05, 4.69) is 16.7 Å². The molecule has 2 atom stereocenters. The topological polar surface area (TPSA) is 23.6 Å². The summed E-state index contributed by atoms with van der Waals surface area (Å²) in [6, 6.07) is 0.854. The highest BCUT2D eigenvalue weighted by Crippen LogP contribution is 2.22. The molecule has 2 saturated heterocycles. The number of hydrogen-bond donors (Lipinski definition) is 0. The molecule has 0 saturated carbocycles. The maximum absolute atomic E-state index is 11.7. The summed E-state index contributed by atoms with van der Waals surface area (Å²) in [5, 5.41) is 0. The zero-order valence-corrected chi connectivity index (χ0v) is 10.6. The fourth-order valence-electron chi connectivity index (χ4n) is 3.02. The summed E-state index contributed by atoms with van der Waals surface area (Å²) < 4.78 is 0. The molecule has 3 nitrogen and oxygen atoms in total. The highest BCUT2D eigenvalue weighted by Gasteiger charge is 2.32. The molecular formula is C13H24N2O. The third-order valence-electron chi connectivity index (χ3n) is 4.21. The second kappa shape index (κ2) is 5.28. The molecule has 0 aromatic rings. The minimum atomic E-state index is 0.137. The van der Waals surface area contributed by atoms with Gasteiger partial charge in [0.1, 0.15) is 5.78 Å². The highest BCUT2D eigenvalue weighted by atomic mass is 16.1. The molecule has 16 heavy (non-hydrogen) atoms. The van der Waals surface area contributed by atoms with Crippen molar-refractivity contribution in [1.29, 1.82) is 0 Å². The van der Waals surface area contributed by atoms with Gasteiger partial charge in [-0.1, -0.05) is 6.92 Å². The molecule has 0 N–H and O–H groups in total. The van der Waals surface area contributed by atoms with E-state index in [0.717, 1.165) is 19.1 Å². The zero-order valence-electron chi connectivity index (χ0n) is 10.6. The molecule has 92 valence electrons. The van der Waals surface area contributed by atoms with Crippen molar-refractivity contribution in [3.05, 3.63) is 0 Å². The van der Waals surface area contributed by atoms with E-state index in [0.29, 0.717) is 12.2 Å². The molecule has 0 aromatic carbocycles. The number of carbonyl (C=O) groups excluding carboxylic acids is 1. The Morgan fingerprint density at radius 1 is 1.31 bits per heavy atom. The molecule has 0 aliphatic carbocycles. The van der Waals surface area contributed by atoms with Gasteiger partial charge in [-0.2, -0.15) is 0 Å². The number of rotatable bonds is 4. The molecule has 2 unspecified atom stereocenters. The SMILES string of the molecule is CCC(=O)C(C)N1CCC(N2CCCC2)C1. The van der Waals surface area contributed by atoms with E-state index < -0.39 is 0 Å². The molecule has 0 radical (unpaired) electrons. The van der Waals surface area contributed by atoms with Crippen molar-refractivity contribution in [2.45, 2.75) is 51.6 Å². The van der Waals surface area contributed by atoms with Gasteiger partial charge in [-0.15, -0.1) is 0 Å². The summed E-state index contributed by atoms with van der Waals surface area (Å²) in [7, 11) is 0. The van der Waals surface area contributed by atoms with Gasteiger partial charge in [0, 0.05) is 25.6 Å². The summed E-state index contributed by atoms with van der Waals surface area (Å²) in [5.41, 5.74) is 0. The van der Waals surface area contributed by atoms with Crippen LogP contribution in [0, 0.1) is 0 Å². The van der Waals surface area contributed by atoms with Crippen LogP contribution in [0.15, 0.2) is 0 Å². The standard InChI is InChI=1S/C13H24N2O/c1-3-13(16)11(2)15-9-6-12(10-15)14-7-4-5-8-14/h11-12H,3-10H2,1-2H3. The molecule has 2 heterocycles. The largest absolute Gasteiger partial charge is 0.299 e. The van der Waals surface area contributed by atoms with Gasteiger partial charge in [-0.3, -0.25) is 14.6 Å². The molecule has 0 bridgehead atoms. The number of Topliss-reactive ketones (excluding diaryl/α,β-unsaturated/α-hetero) is 1. The van der Waals surface area contributed by atoms with Crippen molar-refractivity contribution in [3.63, 3.8) is 0 Å². The van der Waals surface area contributed by atoms with Crippen LogP contribution in [-0.4, -0.2) is 53.8 Å². The second-order valence-corrected chi connectivity index (χ2v) is 5.18. The minimum Gasteiger partial charge on any atom is -0.299 e. The number of carbonyl (C=O) groups is 1. The van der Waals surface area contributed by atoms with Crippen molar-refractivity contribution in [2.24, 2.45) is 0 Å². The number of likely N-dealkylation sites (tertiary alicyclic amines) is 2. The smallest absolute Gasteiger partial charge is 0.149 e. The fourth-order valence-corrected chi connectivity index (χ4v) is 3.02. The average molecular weight is 224 g/mol. The van der Waals surface area contributed by atoms with Gasteiger partial charge in [0.05, 0.1) is 6.04 Å². The molecule has 2 aliphatic heterocycles. The lowest BCUT2D eigenvalue weighted by atomic mass is 10.1. The Morgan fingerprint density at radius 3 is 2.62 bits per heavy atom. The molecule has 2 aliphatic rings. The first kappa shape index (κ1) is 12.1. The van der Waals surface area contributed by atoms with Crippen LogP contribution < -0.4 is 0 Å². The van der Waals surface area contributed by atoms with Gasteiger partial charge >= 0.3 is 0 Å². The first-order chi connectivity index (χ1) is 7.72. The van der Waals surface area contributed by atoms with Crippen molar-refractivity contribution in [1.82, 2.24) is 9.80 Å². The first-order valence-electron chi connectivity index (χ1n) is 6.73. The third kappa shape index (κ3) is 2.46. The summed E-state index contributed by atoms with van der Waals surface area (Å²) in [4.78, 5) is 16.7. The Morgan fingerprint density at radius 2 is 2.00 bits per heavy atom. The summed E-state index contributed by atoms with van der Waals surface area (Å²) >= 11 is 0. The van der Waals surface area contributed by atoms with Gasteiger partial charge in [0.25, 0.3) is 0 Å². The molecular weight excluding hydrogens is 200 g/mol. The van der Waals surface area contributed by atoms with Crippen LogP contribution in [0.25, 0.3) is 0 Å². The highest BCUT2D eigenvalue weighted by molar-refractivity contribution is 5.83. The van der Waals surface area contributed by atoms with Crippen LogP contribution in [0.2, 0.25) is 0 Å². The number of hydrogen-bond acceptors (Lipinski definition) is 3. The van der Waals surface area contributed by atoms with E-state index in [-0.39, 0.29) is 6.04 Å². The van der Waals surface area contributed by atoms with Gasteiger partial charge < -0.3 is 0 Å². The van der Waals surface area contributed by atoms with E-state index >= 15 is 0 Å². The van der Waals surface area contributed by atoms with Crippen LogP contribution in [0.4, 0.5) is 0 Å². The Balaban J connectivity index is 1.84. The van der Waals surface area contributed by atoms with E-state index in [4.69, 9.17) is 0 Å². The number of nitrogens with zero attached hydrogens (tertiary/aromatic N) is 2. The molecule has 0 spiro atoms. The summed E-state index contributed by atoms with van der Waals surface area (Å²) in [5.74, 6) is 0.391. The summed E-state index contributed by atoms with van der Waals surface area (Å²) in [6.07, 6.45) is 4.65. The quantitative estimate of drug-likeness (QED) is 0.723. The Bertz CT molecular complexity index is 248. The zero-order chi connectivity index (χ0) is 11.5. The van der Waals surface area contributed by atoms with E-state index in [1.165, 1.54) is 32.4 Å². The normalized spacial score (nSPS) is 29.8. The first-order valence-corrected chi connectivity index (χ1v) is 6.73. The van der Waals surface area contributed by atoms with Crippen LogP contribution in [0.1, 0.15) is 39.5 Å². The minimum absolute atomic E-state index is 0.137. The Labute approximate surface area is 98.8 Å². The molecule has 0 amide bonds. The van der Waals surface area contributed by atoms with Gasteiger partial charge in [0.2, 0.25) is 0 Å². The fraction of sp³-hybridized carbons (Fsp3) is 0.923. The molecule has 3 heteroatoms. The Hall–Kier alpha value is -0.410. The van der Waals surface area contributed by atoms with Crippen LogP contribution in [0.3, 0.4) is 0 Å². The van der Waals surface area contributed by atoms with E-state index in [1.807, 2.05) is 6.92 Å². The van der Waals surface area contributed by atoms with Crippen molar-refractivity contribution in [2.75, 3.05) is 26.2 Å². The molecule has 0 aromatic heterocycles. The third-order valence-corrected chi connectivity index (χ3v) is 4.21. The predicted octanol–water partition coefficient (Wildman–Crippen LogP) is 1.52. The van der Waals surface area contributed by atoms with Crippen molar-refractivity contribution < 1.29 is 4.79 Å². The van der Waals surface area contributed by atoms with Gasteiger partial charge in [-0.05, 0) is 39.3 Å².